The summed E-state index contributed by atoms with van der Waals surface area (Å²) < 4.78 is 16.2. The fourth-order valence-corrected chi connectivity index (χ4v) is 3.67. The van der Waals surface area contributed by atoms with Gasteiger partial charge in [0.25, 0.3) is 0 Å². The van der Waals surface area contributed by atoms with Crippen LogP contribution in [0.15, 0.2) is 0 Å². The number of carbonyl (C=O) groups excluding carboxylic acids is 2. The van der Waals surface area contributed by atoms with Crippen molar-refractivity contribution < 1.29 is 23.5 Å². The van der Waals surface area contributed by atoms with Crippen molar-refractivity contribution in [3.8, 4) is 0 Å². The predicted molar refractivity (Wildman–Crippen MR) is 102 cm³/mol. The van der Waals surface area contributed by atoms with Crippen LogP contribution in [0.25, 0.3) is 0 Å². The van der Waals surface area contributed by atoms with Crippen molar-refractivity contribution >= 4 is 31.9 Å². The molecule has 0 aliphatic carbocycles. The number of ether oxygens (including phenoxy) is 2. The lowest BCUT2D eigenvalue weighted by atomic mass is 9.93. The molecule has 25 heavy (non-hydrogen) atoms. The molecule has 0 amide bonds. The first-order valence-electron chi connectivity index (χ1n) is 8.72. The molecule has 0 heterocycles. The van der Waals surface area contributed by atoms with Crippen LogP contribution < -0.4 is 5.73 Å². The number of nitrogens with two attached hydrogens (primary N) is 1. The van der Waals surface area contributed by atoms with Gasteiger partial charge < -0.3 is 19.6 Å². The maximum Gasteiger partial charge on any atom is 0.337 e. The Morgan fingerprint density at radius 3 is 1.84 bits per heavy atom. The van der Waals surface area contributed by atoms with Crippen LogP contribution >= 0.6 is 11.6 Å². The first-order valence-corrected chi connectivity index (χ1v) is 12.2. The van der Waals surface area contributed by atoms with Crippen LogP contribution in [0.4, 0.5) is 0 Å². The molecule has 0 aromatic carbocycles. The molecular weight excluding hydrogens is 362 g/mol. The second-order valence-corrected chi connectivity index (χ2v) is 12.7. The molecule has 1 atom stereocenters. The highest BCUT2D eigenvalue weighted by Crippen LogP contribution is 2.38. The Kier molecular flexibility index (Phi) is 9.65. The van der Waals surface area contributed by atoms with Crippen molar-refractivity contribution in [2.45, 2.75) is 77.2 Å². The van der Waals surface area contributed by atoms with Gasteiger partial charge in [-0.3, -0.25) is 0 Å². The van der Waals surface area contributed by atoms with Crippen molar-refractivity contribution in [1.29, 1.82) is 0 Å². The average Bonchev–Trinajstić information content (AvgIpc) is 2.50. The van der Waals surface area contributed by atoms with Gasteiger partial charge in [0.2, 0.25) is 5.54 Å². The van der Waals surface area contributed by atoms with Gasteiger partial charge in [-0.1, -0.05) is 20.8 Å². The summed E-state index contributed by atoms with van der Waals surface area (Å²) in [6.07, 6.45) is 0.121. The minimum Gasteiger partial charge on any atom is -0.464 e. The Bertz CT molecular complexity index is 433. The zero-order valence-corrected chi connectivity index (χ0v) is 18.4. The average molecular weight is 396 g/mol. The quantitative estimate of drug-likeness (QED) is 0.264. The zero-order chi connectivity index (χ0) is 19.9. The molecule has 0 aromatic heterocycles. The minimum atomic E-state index is -2.03. The van der Waals surface area contributed by atoms with Gasteiger partial charge in [0.05, 0.1) is 19.3 Å². The minimum absolute atomic E-state index is 0.0272. The second kappa shape index (κ2) is 9.90. The number of carbonyl (C=O) groups is 2. The van der Waals surface area contributed by atoms with Gasteiger partial charge in [-0.15, -0.1) is 11.6 Å². The van der Waals surface area contributed by atoms with Gasteiger partial charge in [-0.2, -0.15) is 0 Å². The largest absolute Gasteiger partial charge is 0.464 e. The summed E-state index contributed by atoms with van der Waals surface area (Å²) in [6.45, 7) is 14.2. The molecule has 0 aromatic rings. The van der Waals surface area contributed by atoms with Crippen LogP contribution in [0.3, 0.4) is 0 Å². The van der Waals surface area contributed by atoms with Crippen LogP contribution in [0.5, 0.6) is 0 Å². The van der Waals surface area contributed by atoms with E-state index in [4.69, 9.17) is 31.2 Å². The molecule has 0 saturated carbocycles. The monoisotopic (exact) mass is 395 g/mol. The number of hydrogen-bond acceptors (Lipinski definition) is 6. The highest BCUT2D eigenvalue weighted by atomic mass is 35.5. The molecule has 0 spiro atoms. The maximum atomic E-state index is 12.2. The molecule has 148 valence electrons. The summed E-state index contributed by atoms with van der Waals surface area (Å²) >= 11 is 6.06. The Labute approximate surface area is 157 Å². The second-order valence-electron chi connectivity index (χ2n) is 7.61. The lowest BCUT2D eigenvalue weighted by Crippen LogP contribution is -2.57. The number of halogens is 1. The number of hydrogen-bond donors (Lipinski definition) is 1. The molecule has 0 fully saturated rings. The summed E-state index contributed by atoms with van der Waals surface area (Å²) in [7, 11) is -2.03. The molecule has 0 radical (unpaired) electrons. The van der Waals surface area contributed by atoms with Gasteiger partial charge in [0.1, 0.15) is 0 Å². The van der Waals surface area contributed by atoms with Gasteiger partial charge in [-0.05, 0) is 44.8 Å². The third kappa shape index (κ3) is 6.88. The summed E-state index contributed by atoms with van der Waals surface area (Å²) in [5.74, 6) is -1.31. The highest BCUT2D eigenvalue weighted by Gasteiger charge is 2.46. The zero-order valence-electron chi connectivity index (χ0n) is 16.6. The van der Waals surface area contributed by atoms with Crippen LogP contribution in [-0.4, -0.2) is 51.0 Å². The van der Waals surface area contributed by atoms with Gasteiger partial charge in [0.15, 0.2) is 8.32 Å². The van der Waals surface area contributed by atoms with E-state index in [2.05, 4.69) is 33.9 Å². The molecule has 2 N–H and O–H groups in total. The maximum absolute atomic E-state index is 12.2. The van der Waals surface area contributed by atoms with E-state index in [1.54, 1.807) is 13.8 Å². The van der Waals surface area contributed by atoms with E-state index in [-0.39, 0.29) is 36.7 Å². The highest BCUT2D eigenvalue weighted by molar-refractivity contribution is 6.74. The van der Waals surface area contributed by atoms with E-state index in [9.17, 15) is 9.59 Å². The van der Waals surface area contributed by atoms with Crippen molar-refractivity contribution in [3.05, 3.63) is 0 Å². The number of rotatable bonds is 10. The smallest absolute Gasteiger partial charge is 0.337 e. The Hall–Kier alpha value is -0.633. The topological polar surface area (TPSA) is 87.9 Å². The van der Waals surface area contributed by atoms with E-state index in [0.717, 1.165) is 0 Å². The Morgan fingerprint density at radius 1 is 1.08 bits per heavy atom. The van der Waals surface area contributed by atoms with Crippen molar-refractivity contribution in [1.82, 2.24) is 0 Å². The van der Waals surface area contributed by atoms with E-state index < -0.39 is 25.8 Å². The van der Waals surface area contributed by atoms with Crippen molar-refractivity contribution in [2.24, 2.45) is 5.73 Å². The van der Waals surface area contributed by atoms with Crippen molar-refractivity contribution in [2.75, 3.05) is 19.1 Å². The van der Waals surface area contributed by atoms with Crippen LogP contribution in [-0.2, 0) is 23.5 Å². The van der Waals surface area contributed by atoms with E-state index in [0.29, 0.717) is 6.42 Å². The summed E-state index contributed by atoms with van der Waals surface area (Å²) in [4.78, 5) is 24.4. The number of alkyl halides is 1. The molecule has 0 unspecified atom stereocenters. The first-order chi connectivity index (χ1) is 11.4. The van der Waals surface area contributed by atoms with Gasteiger partial charge in [0, 0.05) is 5.88 Å². The molecule has 0 bridgehead atoms. The van der Waals surface area contributed by atoms with E-state index in [1.807, 2.05) is 0 Å². The summed E-state index contributed by atoms with van der Waals surface area (Å²) in [5.41, 5.74) is 4.23. The molecule has 0 rings (SSSR count). The van der Waals surface area contributed by atoms with Crippen LogP contribution in [0.2, 0.25) is 18.1 Å². The van der Waals surface area contributed by atoms with Crippen LogP contribution in [0.1, 0.15) is 47.5 Å². The first kappa shape index (κ1) is 24.4. The lowest BCUT2D eigenvalue weighted by Gasteiger charge is -2.39. The molecule has 6 nitrogen and oxygen atoms in total. The van der Waals surface area contributed by atoms with Crippen molar-refractivity contribution in [3.63, 3.8) is 0 Å². The van der Waals surface area contributed by atoms with Gasteiger partial charge >= 0.3 is 11.9 Å². The number of esters is 2. The lowest BCUT2D eigenvalue weighted by molar-refractivity contribution is -0.164. The molecule has 0 aliphatic heterocycles. The molecule has 0 aliphatic rings. The molecular formula is C17H34ClNO5Si. The predicted octanol–water partition coefficient (Wildman–Crippen LogP) is 3.22. The Morgan fingerprint density at radius 2 is 1.52 bits per heavy atom. The third-order valence-electron chi connectivity index (χ3n) is 4.58. The standard InChI is InChI=1S/C17H34ClNO5Si/c1-8-22-14(20)17(19,15(21)23-9-2)11-10-13(12-18)24-25(6,7)16(3,4)5/h13H,8-12,19H2,1-7H3/t13-/m0/s1. The van der Waals surface area contributed by atoms with E-state index >= 15 is 0 Å². The summed E-state index contributed by atoms with van der Waals surface area (Å²) in [5, 5.41) is 0.0272. The van der Waals surface area contributed by atoms with Gasteiger partial charge in [-0.25, -0.2) is 9.59 Å². The third-order valence-corrected chi connectivity index (χ3v) is 9.46. The molecule has 0 saturated heterocycles. The van der Waals surface area contributed by atoms with Crippen LogP contribution in [0, 0.1) is 0 Å². The fraction of sp³-hybridized carbons (Fsp3) is 0.882. The fourth-order valence-electron chi connectivity index (χ4n) is 1.96. The SMILES string of the molecule is CCOC(=O)C(N)(CC[C@@H](CCl)O[Si](C)(C)C(C)(C)C)C(=O)OCC. The normalized spacial score (nSPS) is 14.1. The summed E-state index contributed by atoms with van der Waals surface area (Å²) in [6, 6.07) is 0. The molecule has 8 heteroatoms. The van der Waals surface area contributed by atoms with E-state index in [1.165, 1.54) is 0 Å². The Balaban J connectivity index is 5.18.